The Hall–Kier alpha value is -2.58. The number of H-pyrrole nitrogens is 1. The number of nitrogens with one attached hydrogen (secondary N) is 1. The summed E-state index contributed by atoms with van der Waals surface area (Å²) < 4.78 is 1.91. The van der Waals surface area contributed by atoms with Gasteiger partial charge in [0.2, 0.25) is 0 Å². The summed E-state index contributed by atoms with van der Waals surface area (Å²) >= 11 is 0. The summed E-state index contributed by atoms with van der Waals surface area (Å²) in [4.78, 5) is 18.2. The van der Waals surface area contributed by atoms with E-state index in [4.69, 9.17) is 0 Å². The summed E-state index contributed by atoms with van der Waals surface area (Å²) in [5.74, 6) is 0.992. The minimum atomic E-state index is -0.229. The maximum Gasteiger partial charge on any atom is 0.252 e. The van der Waals surface area contributed by atoms with Gasteiger partial charge in [0.05, 0.1) is 11.6 Å². The third-order valence-electron chi connectivity index (χ3n) is 6.28. The van der Waals surface area contributed by atoms with Crippen molar-refractivity contribution in [1.29, 1.82) is 0 Å². The number of nitrogens with zero attached hydrogens (tertiary/aromatic N) is 5. The first-order valence-corrected chi connectivity index (χ1v) is 11.4. The molecule has 32 heavy (non-hydrogen) atoms. The summed E-state index contributed by atoms with van der Waals surface area (Å²) in [5.41, 5.74) is 2.32. The Morgan fingerprint density at radius 2 is 2.00 bits per heavy atom. The van der Waals surface area contributed by atoms with Crippen molar-refractivity contribution < 1.29 is 5.11 Å². The predicted octanol–water partition coefficient (Wildman–Crippen LogP) is 3.55. The lowest BCUT2D eigenvalue weighted by molar-refractivity contribution is 0.115. The lowest BCUT2D eigenvalue weighted by Crippen LogP contribution is -2.39. The molecule has 0 radical (unpaired) electrons. The first-order chi connectivity index (χ1) is 15.2. The number of hydrogen-bond acceptors (Lipinski definition) is 6. The highest BCUT2D eigenvalue weighted by Crippen LogP contribution is 2.32. The summed E-state index contributed by atoms with van der Waals surface area (Å²) in [6.45, 7) is 13.8. The van der Waals surface area contributed by atoms with Crippen LogP contribution in [0.2, 0.25) is 0 Å². The van der Waals surface area contributed by atoms with Gasteiger partial charge in [-0.15, -0.1) is 5.10 Å². The number of aliphatic hydroxyl groups excluding tert-OH is 1. The smallest absolute Gasteiger partial charge is 0.252 e. The van der Waals surface area contributed by atoms with Crippen LogP contribution in [0.5, 0.6) is 0 Å². The minimum Gasteiger partial charge on any atom is -0.396 e. The van der Waals surface area contributed by atoms with E-state index in [0.29, 0.717) is 25.1 Å². The van der Waals surface area contributed by atoms with Gasteiger partial charge >= 0.3 is 0 Å². The van der Waals surface area contributed by atoms with Crippen LogP contribution in [-0.2, 0) is 12.1 Å². The predicted molar refractivity (Wildman–Crippen MR) is 126 cm³/mol. The van der Waals surface area contributed by atoms with Crippen molar-refractivity contribution in [2.75, 3.05) is 13.2 Å². The monoisotopic (exact) mass is 440 g/mol. The van der Waals surface area contributed by atoms with Crippen LogP contribution in [0.15, 0.2) is 29.1 Å². The van der Waals surface area contributed by atoms with Gasteiger partial charge in [-0.2, -0.15) is 0 Å². The average Bonchev–Trinajstić information content (AvgIpc) is 3.22. The van der Waals surface area contributed by atoms with Crippen LogP contribution in [-0.4, -0.2) is 48.3 Å². The molecule has 2 heterocycles. The molecule has 1 atom stereocenters. The molecule has 0 amide bonds. The molecular weight excluding hydrogens is 404 g/mol. The van der Waals surface area contributed by atoms with E-state index in [1.807, 2.05) is 35.9 Å². The fraction of sp³-hybridized carbons (Fsp3) is 0.583. The number of fused-ring (bicyclic) bond motifs is 1. The van der Waals surface area contributed by atoms with Crippen molar-refractivity contribution >= 4 is 10.9 Å². The highest BCUT2D eigenvalue weighted by molar-refractivity contribution is 5.79. The molecule has 3 rings (SSSR count). The summed E-state index contributed by atoms with van der Waals surface area (Å²) in [5, 5.41) is 23.3. The zero-order chi connectivity index (χ0) is 23.5. The highest BCUT2D eigenvalue weighted by Gasteiger charge is 2.33. The second-order valence-corrected chi connectivity index (χ2v) is 9.57. The number of hydrogen-bond donors (Lipinski definition) is 2. The standard InChI is InChI=1S/C24H36N6O2/c1-7-24(5,6)30-22(26-27-28-30)21(16(2)3)29(11-8-12-31)15-19-14-18-10-9-17(4)13-20(18)25-23(19)32/h9-10,13-14,16,21,31H,7-8,11-12,15H2,1-6H3,(H,25,32)/t21-/m0/s1. The Bertz CT molecular complexity index is 1100. The molecule has 1 aromatic carbocycles. The second kappa shape index (κ2) is 9.92. The minimum absolute atomic E-state index is 0.0834. The van der Waals surface area contributed by atoms with Crippen molar-refractivity contribution in [3.63, 3.8) is 0 Å². The molecule has 0 fully saturated rings. The third-order valence-corrected chi connectivity index (χ3v) is 6.28. The van der Waals surface area contributed by atoms with Crippen LogP contribution in [0, 0.1) is 12.8 Å². The normalized spacial score (nSPS) is 13.4. The molecule has 0 spiro atoms. The molecule has 0 saturated heterocycles. The van der Waals surface area contributed by atoms with Gasteiger partial charge in [0.25, 0.3) is 5.56 Å². The molecule has 174 valence electrons. The molecule has 8 heteroatoms. The van der Waals surface area contributed by atoms with Crippen molar-refractivity contribution in [3.8, 4) is 0 Å². The number of rotatable bonds is 10. The van der Waals surface area contributed by atoms with Gasteiger partial charge in [0, 0.05) is 30.8 Å². The Morgan fingerprint density at radius 3 is 2.66 bits per heavy atom. The number of aromatic nitrogens is 5. The summed E-state index contributed by atoms with van der Waals surface area (Å²) in [6.07, 6.45) is 1.49. The average molecular weight is 441 g/mol. The van der Waals surface area contributed by atoms with Crippen molar-refractivity contribution in [1.82, 2.24) is 30.1 Å². The van der Waals surface area contributed by atoms with Crippen molar-refractivity contribution in [2.24, 2.45) is 5.92 Å². The van der Waals surface area contributed by atoms with Gasteiger partial charge in [-0.1, -0.05) is 32.9 Å². The van der Waals surface area contributed by atoms with Crippen molar-refractivity contribution in [2.45, 2.75) is 72.5 Å². The van der Waals surface area contributed by atoms with E-state index >= 15 is 0 Å². The largest absolute Gasteiger partial charge is 0.396 e. The molecule has 0 aliphatic heterocycles. The maximum absolute atomic E-state index is 12.9. The van der Waals surface area contributed by atoms with Gasteiger partial charge in [-0.05, 0) is 73.0 Å². The molecule has 8 nitrogen and oxygen atoms in total. The van der Waals surface area contributed by atoms with Crippen LogP contribution in [0.3, 0.4) is 0 Å². The van der Waals surface area contributed by atoms with Crippen LogP contribution in [0.4, 0.5) is 0 Å². The number of pyridine rings is 1. The van der Waals surface area contributed by atoms with Gasteiger partial charge in [-0.25, -0.2) is 4.68 Å². The molecule has 3 aromatic rings. The number of aryl methyl sites for hydroxylation is 1. The SMILES string of the molecule is CCC(C)(C)n1nnnc1[C@H](C(C)C)N(CCCO)Cc1cc2ccc(C)cc2[nH]c1=O. The molecule has 0 saturated carbocycles. The summed E-state index contributed by atoms with van der Waals surface area (Å²) in [7, 11) is 0. The molecule has 0 bridgehead atoms. The van der Waals surface area contributed by atoms with Gasteiger partial charge in [0.15, 0.2) is 5.82 Å². The first-order valence-electron chi connectivity index (χ1n) is 11.4. The van der Waals surface area contributed by atoms with E-state index in [9.17, 15) is 9.90 Å². The molecule has 0 unspecified atom stereocenters. The van der Waals surface area contributed by atoms with E-state index in [2.05, 4.69) is 60.0 Å². The topological polar surface area (TPSA) is 99.9 Å². The first kappa shape index (κ1) is 24.1. The zero-order valence-electron chi connectivity index (χ0n) is 20.1. The fourth-order valence-electron chi connectivity index (χ4n) is 4.13. The quantitative estimate of drug-likeness (QED) is 0.500. The summed E-state index contributed by atoms with van der Waals surface area (Å²) in [6, 6.07) is 7.94. The molecule has 0 aliphatic rings. The van der Waals surface area contributed by atoms with E-state index < -0.39 is 0 Å². The van der Waals surface area contributed by atoms with Crippen LogP contribution < -0.4 is 5.56 Å². The Balaban J connectivity index is 2.04. The number of aliphatic hydroxyl groups is 1. The van der Waals surface area contributed by atoms with Gasteiger partial charge < -0.3 is 10.1 Å². The zero-order valence-corrected chi connectivity index (χ0v) is 20.1. The second-order valence-electron chi connectivity index (χ2n) is 9.57. The third kappa shape index (κ3) is 5.07. The molecule has 2 aromatic heterocycles. The number of tetrazole rings is 1. The Labute approximate surface area is 189 Å². The lowest BCUT2D eigenvalue weighted by Gasteiger charge is -2.35. The van der Waals surface area contributed by atoms with Gasteiger partial charge in [-0.3, -0.25) is 9.69 Å². The molecule has 0 aliphatic carbocycles. The number of aromatic amines is 1. The Kier molecular flexibility index (Phi) is 7.46. The van der Waals surface area contributed by atoms with Crippen LogP contribution in [0.25, 0.3) is 10.9 Å². The van der Waals surface area contributed by atoms with E-state index in [-0.39, 0.29) is 29.7 Å². The van der Waals surface area contributed by atoms with Gasteiger partial charge in [0.1, 0.15) is 0 Å². The fourth-order valence-corrected chi connectivity index (χ4v) is 4.13. The lowest BCUT2D eigenvalue weighted by atomic mass is 9.97. The molecular formula is C24H36N6O2. The van der Waals surface area contributed by atoms with Crippen LogP contribution >= 0.6 is 0 Å². The van der Waals surface area contributed by atoms with E-state index in [0.717, 1.165) is 28.7 Å². The number of benzene rings is 1. The van der Waals surface area contributed by atoms with E-state index in [1.54, 1.807) is 0 Å². The maximum atomic E-state index is 12.9. The highest BCUT2D eigenvalue weighted by atomic mass is 16.3. The van der Waals surface area contributed by atoms with E-state index in [1.165, 1.54) is 0 Å². The van der Waals surface area contributed by atoms with Crippen molar-refractivity contribution in [3.05, 3.63) is 51.6 Å². The Morgan fingerprint density at radius 1 is 1.25 bits per heavy atom. The van der Waals surface area contributed by atoms with Crippen LogP contribution in [0.1, 0.15) is 70.5 Å². The molecule has 2 N–H and O–H groups in total.